The smallest absolute Gasteiger partial charge is 0.250 e. The summed E-state index contributed by atoms with van der Waals surface area (Å²) in [6.07, 6.45) is 3.12. The Balaban J connectivity index is 1.63. The van der Waals surface area contributed by atoms with Gasteiger partial charge in [-0.1, -0.05) is 12.1 Å². The summed E-state index contributed by atoms with van der Waals surface area (Å²) in [7, 11) is 0. The van der Waals surface area contributed by atoms with Crippen molar-refractivity contribution >= 4 is 51.4 Å². The van der Waals surface area contributed by atoms with Gasteiger partial charge in [0.2, 0.25) is 11.8 Å². The first kappa shape index (κ1) is 18.0. The number of nitrogens with one attached hydrogen (secondary N) is 2. The first-order valence-corrected chi connectivity index (χ1v) is 9.50. The molecule has 2 amide bonds. The highest BCUT2D eigenvalue weighted by Gasteiger charge is 2.07. The lowest BCUT2D eigenvalue weighted by molar-refractivity contribution is -0.114. The number of benzene rings is 1. The van der Waals surface area contributed by atoms with Crippen molar-refractivity contribution in [1.29, 1.82) is 0 Å². The van der Waals surface area contributed by atoms with Crippen LogP contribution in [0, 0.1) is 6.92 Å². The quantitative estimate of drug-likeness (QED) is 0.646. The number of amides is 2. The van der Waals surface area contributed by atoms with Crippen LogP contribution in [-0.4, -0.2) is 21.8 Å². The lowest BCUT2D eigenvalue weighted by Gasteiger charge is -2.02. The number of anilines is 2. The number of hydrogen-bond donors (Lipinski definition) is 2. The molecule has 132 valence electrons. The van der Waals surface area contributed by atoms with Crippen LogP contribution in [0.5, 0.6) is 0 Å². The molecule has 0 unspecified atom stereocenters. The van der Waals surface area contributed by atoms with Gasteiger partial charge in [-0.05, 0) is 25.1 Å². The van der Waals surface area contributed by atoms with Gasteiger partial charge in [-0.15, -0.1) is 22.7 Å². The van der Waals surface area contributed by atoms with Gasteiger partial charge in [-0.2, -0.15) is 0 Å². The van der Waals surface area contributed by atoms with Gasteiger partial charge in [0.15, 0.2) is 5.13 Å². The van der Waals surface area contributed by atoms with E-state index in [0.29, 0.717) is 5.13 Å². The standard InChI is InChI=1S/C18H16N4O2S2/c1-11(23)19-14-5-3-13(4-6-14)16-10-26-18(21-16)22-17(24)8-7-15-9-25-12(2)20-15/h3-10H,1-2H3,(H,19,23)(H,21,22,24)/b8-7+. The molecule has 0 aliphatic heterocycles. The van der Waals surface area contributed by atoms with E-state index >= 15 is 0 Å². The van der Waals surface area contributed by atoms with Gasteiger partial charge in [0.1, 0.15) is 0 Å². The Morgan fingerprint density at radius 2 is 1.81 bits per heavy atom. The summed E-state index contributed by atoms with van der Waals surface area (Å²) in [5, 5.41) is 10.7. The van der Waals surface area contributed by atoms with Gasteiger partial charge in [0.25, 0.3) is 0 Å². The number of aryl methyl sites for hydroxylation is 1. The minimum Gasteiger partial charge on any atom is -0.326 e. The van der Waals surface area contributed by atoms with Crippen LogP contribution in [0.3, 0.4) is 0 Å². The number of nitrogens with zero attached hydrogens (tertiary/aromatic N) is 2. The second kappa shape index (κ2) is 8.03. The lowest BCUT2D eigenvalue weighted by atomic mass is 10.1. The number of rotatable bonds is 5. The highest BCUT2D eigenvalue weighted by molar-refractivity contribution is 7.14. The van der Waals surface area contributed by atoms with Crippen molar-refractivity contribution < 1.29 is 9.59 Å². The zero-order valence-electron chi connectivity index (χ0n) is 14.1. The Morgan fingerprint density at radius 1 is 1.04 bits per heavy atom. The van der Waals surface area contributed by atoms with E-state index in [0.717, 1.165) is 27.6 Å². The van der Waals surface area contributed by atoms with Gasteiger partial charge < -0.3 is 5.32 Å². The maximum atomic E-state index is 12.0. The molecule has 8 heteroatoms. The maximum Gasteiger partial charge on any atom is 0.250 e. The summed E-state index contributed by atoms with van der Waals surface area (Å²) in [6.45, 7) is 3.38. The molecule has 0 saturated carbocycles. The molecule has 0 fully saturated rings. The minimum absolute atomic E-state index is 0.114. The van der Waals surface area contributed by atoms with Gasteiger partial charge in [-0.3, -0.25) is 14.9 Å². The molecule has 0 radical (unpaired) electrons. The maximum absolute atomic E-state index is 12.0. The van der Waals surface area contributed by atoms with E-state index in [4.69, 9.17) is 0 Å². The summed E-state index contributed by atoms with van der Waals surface area (Å²) < 4.78 is 0. The number of carbonyl (C=O) groups is 2. The summed E-state index contributed by atoms with van der Waals surface area (Å²) in [6, 6.07) is 7.37. The molecule has 0 spiro atoms. The van der Waals surface area contributed by atoms with Crippen molar-refractivity contribution in [3.05, 3.63) is 51.8 Å². The van der Waals surface area contributed by atoms with Crippen LogP contribution >= 0.6 is 22.7 Å². The Kier molecular flexibility index (Phi) is 5.55. The molecule has 0 bridgehead atoms. The van der Waals surface area contributed by atoms with Crippen LogP contribution in [0.1, 0.15) is 17.6 Å². The zero-order chi connectivity index (χ0) is 18.5. The molecule has 1 aromatic carbocycles. The monoisotopic (exact) mass is 384 g/mol. The third-order valence-corrected chi connectivity index (χ3v) is 4.83. The molecule has 0 aliphatic rings. The molecule has 0 saturated heterocycles. The first-order chi connectivity index (χ1) is 12.5. The third kappa shape index (κ3) is 4.84. The summed E-state index contributed by atoms with van der Waals surface area (Å²) in [5.74, 6) is -0.366. The van der Waals surface area contributed by atoms with Crippen molar-refractivity contribution in [2.24, 2.45) is 0 Å². The number of thiazole rings is 2. The Labute approximate surface area is 158 Å². The fourth-order valence-electron chi connectivity index (χ4n) is 2.16. The summed E-state index contributed by atoms with van der Waals surface area (Å²) in [4.78, 5) is 31.7. The Morgan fingerprint density at radius 3 is 2.46 bits per heavy atom. The average Bonchev–Trinajstić information content (AvgIpc) is 3.22. The van der Waals surface area contributed by atoms with Gasteiger partial charge in [0.05, 0.1) is 16.4 Å². The van der Waals surface area contributed by atoms with Crippen LogP contribution in [0.15, 0.2) is 41.1 Å². The minimum atomic E-state index is -0.252. The van der Waals surface area contributed by atoms with Crippen molar-refractivity contribution in [3.63, 3.8) is 0 Å². The zero-order valence-corrected chi connectivity index (χ0v) is 15.8. The van der Waals surface area contributed by atoms with Crippen LogP contribution in [0.25, 0.3) is 17.3 Å². The van der Waals surface area contributed by atoms with Crippen LogP contribution in [-0.2, 0) is 9.59 Å². The largest absolute Gasteiger partial charge is 0.326 e. The first-order valence-electron chi connectivity index (χ1n) is 7.74. The fourth-order valence-corrected chi connectivity index (χ4v) is 3.46. The molecule has 0 atom stereocenters. The third-order valence-electron chi connectivity index (χ3n) is 3.28. The van der Waals surface area contributed by atoms with Crippen molar-refractivity contribution in [2.75, 3.05) is 10.6 Å². The number of aromatic nitrogens is 2. The topological polar surface area (TPSA) is 84.0 Å². The summed E-state index contributed by atoms with van der Waals surface area (Å²) in [5.41, 5.74) is 3.16. The molecule has 3 aromatic rings. The Hall–Kier alpha value is -2.84. The van der Waals surface area contributed by atoms with Gasteiger partial charge in [-0.25, -0.2) is 9.97 Å². The average molecular weight is 384 g/mol. The molecule has 0 aliphatic carbocycles. The molecular weight excluding hydrogens is 368 g/mol. The molecule has 2 aromatic heterocycles. The molecule has 6 nitrogen and oxygen atoms in total. The second-order valence-electron chi connectivity index (χ2n) is 5.41. The van der Waals surface area contributed by atoms with E-state index in [1.807, 2.05) is 41.9 Å². The van der Waals surface area contributed by atoms with E-state index in [1.54, 1.807) is 6.08 Å². The normalized spacial score (nSPS) is 10.8. The predicted octanol–water partition coefficient (Wildman–Crippen LogP) is 4.19. The Bertz CT molecular complexity index is 958. The molecular formula is C18H16N4O2S2. The number of hydrogen-bond acceptors (Lipinski definition) is 6. The SMILES string of the molecule is CC(=O)Nc1ccc(-c2csc(NC(=O)/C=C/c3csc(C)n3)n2)cc1. The van der Waals surface area contributed by atoms with Crippen molar-refractivity contribution in [3.8, 4) is 11.3 Å². The van der Waals surface area contributed by atoms with E-state index in [1.165, 1.54) is 35.7 Å². The highest BCUT2D eigenvalue weighted by Crippen LogP contribution is 2.26. The summed E-state index contributed by atoms with van der Waals surface area (Å²) >= 11 is 2.89. The van der Waals surface area contributed by atoms with Crippen LogP contribution < -0.4 is 10.6 Å². The molecule has 3 rings (SSSR count). The van der Waals surface area contributed by atoms with Crippen molar-refractivity contribution in [2.45, 2.75) is 13.8 Å². The van der Waals surface area contributed by atoms with Gasteiger partial charge >= 0.3 is 0 Å². The highest BCUT2D eigenvalue weighted by atomic mass is 32.1. The van der Waals surface area contributed by atoms with E-state index in [2.05, 4.69) is 20.6 Å². The van der Waals surface area contributed by atoms with E-state index < -0.39 is 0 Å². The lowest BCUT2D eigenvalue weighted by Crippen LogP contribution is -2.07. The molecule has 26 heavy (non-hydrogen) atoms. The van der Waals surface area contributed by atoms with E-state index in [9.17, 15) is 9.59 Å². The van der Waals surface area contributed by atoms with Crippen LogP contribution in [0.2, 0.25) is 0 Å². The predicted molar refractivity (Wildman–Crippen MR) is 106 cm³/mol. The molecule has 2 N–H and O–H groups in total. The molecule has 2 heterocycles. The van der Waals surface area contributed by atoms with Crippen molar-refractivity contribution in [1.82, 2.24) is 9.97 Å². The second-order valence-corrected chi connectivity index (χ2v) is 7.33. The van der Waals surface area contributed by atoms with Crippen LogP contribution in [0.4, 0.5) is 10.8 Å². The fraction of sp³-hybridized carbons (Fsp3) is 0.111. The van der Waals surface area contributed by atoms with Gasteiger partial charge in [0, 0.05) is 35.0 Å². The van der Waals surface area contributed by atoms with E-state index in [-0.39, 0.29) is 11.8 Å². The number of carbonyl (C=O) groups excluding carboxylic acids is 2.